The van der Waals surface area contributed by atoms with Crippen molar-refractivity contribution in [2.75, 3.05) is 13.1 Å². The lowest BCUT2D eigenvalue weighted by molar-refractivity contribution is 0.791. The number of aliphatic imine (C=N–C) groups is 1. The minimum Gasteiger partial charge on any atom is -0.370 e. The van der Waals surface area contributed by atoms with Crippen LogP contribution in [0.1, 0.15) is 30.9 Å². The molecule has 4 heteroatoms. The van der Waals surface area contributed by atoms with Crippen molar-refractivity contribution in [2.45, 2.75) is 33.1 Å². The van der Waals surface area contributed by atoms with Crippen LogP contribution in [0.15, 0.2) is 29.4 Å². The van der Waals surface area contributed by atoms with Gasteiger partial charge in [-0.3, -0.25) is 4.99 Å². The van der Waals surface area contributed by atoms with Crippen molar-refractivity contribution in [3.8, 4) is 0 Å². The third kappa shape index (κ3) is 3.53. The summed E-state index contributed by atoms with van der Waals surface area (Å²) in [5.74, 6) is 0.550. The molecule has 0 amide bonds. The zero-order valence-corrected chi connectivity index (χ0v) is 12.4. The van der Waals surface area contributed by atoms with Crippen molar-refractivity contribution in [3.63, 3.8) is 0 Å². The van der Waals surface area contributed by atoms with Crippen molar-refractivity contribution in [2.24, 2.45) is 10.7 Å². The van der Waals surface area contributed by atoms with Crippen LogP contribution < -0.4 is 11.1 Å². The first-order valence-corrected chi connectivity index (χ1v) is 7.31. The topological polar surface area (TPSA) is 66.2 Å². The van der Waals surface area contributed by atoms with Gasteiger partial charge in [0.05, 0.1) is 0 Å². The second-order valence-electron chi connectivity index (χ2n) is 5.11. The maximum absolute atomic E-state index is 5.82. The molecule has 0 aliphatic carbocycles. The number of para-hydroxylation sites is 1. The van der Waals surface area contributed by atoms with E-state index in [1.54, 1.807) is 0 Å². The van der Waals surface area contributed by atoms with Crippen molar-refractivity contribution in [1.29, 1.82) is 0 Å². The minimum atomic E-state index is 0.550. The first-order chi connectivity index (χ1) is 9.72. The molecule has 1 aromatic carbocycles. The first kappa shape index (κ1) is 14.4. The number of H-pyrrole nitrogens is 1. The summed E-state index contributed by atoms with van der Waals surface area (Å²) in [5.41, 5.74) is 9.65. The molecule has 0 aliphatic rings. The SMILES string of the molecule is CCCCN=C(N)NCCc1c[nH]c2c(C)cccc12. The van der Waals surface area contributed by atoms with Gasteiger partial charge in [-0.2, -0.15) is 0 Å². The van der Waals surface area contributed by atoms with Crippen LogP contribution in [0.5, 0.6) is 0 Å². The molecule has 1 aromatic heterocycles. The number of aromatic nitrogens is 1. The second kappa shape index (κ2) is 6.98. The highest BCUT2D eigenvalue weighted by Crippen LogP contribution is 2.21. The number of aryl methyl sites for hydroxylation is 1. The van der Waals surface area contributed by atoms with Gasteiger partial charge in [0.1, 0.15) is 0 Å². The smallest absolute Gasteiger partial charge is 0.188 e. The average molecular weight is 272 g/mol. The summed E-state index contributed by atoms with van der Waals surface area (Å²) >= 11 is 0. The summed E-state index contributed by atoms with van der Waals surface area (Å²) in [6.07, 6.45) is 5.26. The largest absolute Gasteiger partial charge is 0.370 e. The summed E-state index contributed by atoms with van der Waals surface area (Å²) in [5, 5.41) is 4.47. The Morgan fingerprint density at radius 1 is 1.40 bits per heavy atom. The normalized spacial score (nSPS) is 12.0. The van der Waals surface area contributed by atoms with Gasteiger partial charge in [-0.05, 0) is 30.9 Å². The van der Waals surface area contributed by atoms with Gasteiger partial charge in [0.25, 0.3) is 0 Å². The van der Waals surface area contributed by atoms with E-state index in [4.69, 9.17) is 5.73 Å². The highest BCUT2D eigenvalue weighted by molar-refractivity contribution is 5.86. The number of nitrogens with one attached hydrogen (secondary N) is 2. The maximum atomic E-state index is 5.82. The molecule has 0 atom stereocenters. The van der Waals surface area contributed by atoms with Gasteiger partial charge in [-0.25, -0.2) is 0 Å². The fraction of sp³-hybridized carbons (Fsp3) is 0.438. The standard InChI is InChI=1S/C16H24N4/c1-3-4-9-18-16(17)19-10-8-13-11-20-15-12(2)6-5-7-14(13)15/h5-7,11,20H,3-4,8-10H2,1-2H3,(H3,17,18,19). The number of benzene rings is 1. The fourth-order valence-electron chi connectivity index (χ4n) is 2.31. The van der Waals surface area contributed by atoms with E-state index < -0.39 is 0 Å². The number of unbranched alkanes of at least 4 members (excludes halogenated alkanes) is 1. The van der Waals surface area contributed by atoms with E-state index in [0.717, 1.165) is 32.4 Å². The Hall–Kier alpha value is -1.97. The van der Waals surface area contributed by atoms with E-state index in [1.165, 1.54) is 22.0 Å². The quantitative estimate of drug-likeness (QED) is 0.430. The van der Waals surface area contributed by atoms with Gasteiger partial charge in [0, 0.05) is 30.2 Å². The molecule has 0 radical (unpaired) electrons. The second-order valence-corrected chi connectivity index (χ2v) is 5.11. The highest BCUT2D eigenvalue weighted by atomic mass is 15.1. The Kier molecular flexibility index (Phi) is 5.04. The first-order valence-electron chi connectivity index (χ1n) is 7.31. The lowest BCUT2D eigenvalue weighted by Gasteiger charge is -2.05. The zero-order valence-electron chi connectivity index (χ0n) is 12.4. The van der Waals surface area contributed by atoms with Crippen molar-refractivity contribution in [1.82, 2.24) is 10.3 Å². The molecule has 0 bridgehead atoms. The molecule has 0 fully saturated rings. The van der Waals surface area contributed by atoms with Crippen LogP contribution in [-0.2, 0) is 6.42 Å². The Balaban J connectivity index is 1.90. The molecule has 1 heterocycles. The number of nitrogens with zero attached hydrogens (tertiary/aromatic N) is 1. The van der Waals surface area contributed by atoms with Gasteiger partial charge in [-0.1, -0.05) is 31.5 Å². The summed E-state index contributed by atoms with van der Waals surface area (Å²) in [6, 6.07) is 6.38. The molecule has 4 nitrogen and oxygen atoms in total. The number of fused-ring (bicyclic) bond motifs is 1. The van der Waals surface area contributed by atoms with Gasteiger partial charge < -0.3 is 16.0 Å². The molecule has 0 spiro atoms. The molecular weight excluding hydrogens is 248 g/mol. The molecule has 0 unspecified atom stereocenters. The summed E-state index contributed by atoms with van der Waals surface area (Å²) in [4.78, 5) is 7.63. The number of rotatable bonds is 6. The lowest BCUT2D eigenvalue weighted by Crippen LogP contribution is -2.33. The van der Waals surface area contributed by atoms with Crippen LogP contribution in [0, 0.1) is 6.92 Å². The molecule has 0 aliphatic heterocycles. The number of aromatic amines is 1. The highest BCUT2D eigenvalue weighted by Gasteiger charge is 2.04. The van der Waals surface area contributed by atoms with Crippen molar-refractivity contribution in [3.05, 3.63) is 35.5 Å². The summed E-state index contributed by atoms with van der Waals surface area (Å²) in [7, 11) is 0. The van der Waals surface area contributed by atoms with Crippen LogP contribution in [0.25, 0.3) is 10.9 Å². The Morgan fingerprint density at radius 3 is 3.05 bits per heavy atom. The Labute approximate surface area is 120 Å². The number of hydrogen-bond acceptors (Lipinski definition) is 1. The lowest BCUT2D eigenvalue weighted by atomic mass is 10.1. The van der Waals surface area contributed by atoms with Crippen LogP contribution in [0.4, 0.5) is 0 Å². The number of hydrogen-bond donors (Lipinski definition) is 3. The monoisotopic (exact) mass is 272 g/mol. The van der Waals surface area contributed by atoms with Gasteiger partial charge in [-0.15, -0.1) is 0 Å². The van der Waals surface area contributed by atoms with Crippen LogP contribution in [0.3, 0.4) is 0 Å². The minimum absolute atomic E-state index is 0.550. The van der Waals surface area contributed by atoms with Crippen LogP contribution in [-0.4, -0.2) is 24.0 Å². The molecule has 2 aromatic rings. The maximum Gasteiger partial charge on any atom is 0.188 e. The van der Waals surface area contributed by atoms with E-state index in [-0.39, 0.29) is 0 Å². The molecule has 2 rings (SSSR count). The van der Waals surface area contributed by atoms with Crippen molar-refractivity contribution >= 4 is 16.9 Å². The van der Waals surface area contributed by atoms with Gasteiger partial charge >= 0.3 is 0 Å². The molecule has 0 saturated heterocycles. The van der Waals surface area contributed by atoms with E-state index in [0.29, 0.717) is 5.96 Å². The van der Waals surface area contributed by atoms with Crippen LogP contribution >= 0.6 is 0 Å². The molecule has 20 heavy (non-hydrogen) atoms. The number of guanidine groups is 1. The molecule has 4 N–H and O–H groups in total. The van der Waals surface area contributed by atoms with Crippen LogP contribution in [0.2, 0.25) is 0 Å². The summed E-state index contributed by atoms with van der Waals surface area (Å²) < 4.78 is 0. The third-order valence-electron chi connectivity index (χ3n) is 3.50. The fourth-order valence-corrected chi connectivity index (χ4v) is 2.31. The molecule has 0 saturated carbocycles. The van der Waals surface area contributed by atoms with Crippen molar-refractivity contribution < 1.29 is 0 Å². The zero-order chi connectivity index (χ0) is 14.4. The van der Waals surface area contributed by atoms with Gasteiger partial charge in [0.15, 0.2) is 5.96 Å². The average Bonchev–Trinajstić information content (AvgIpc) is 2.84. The van der Waals surface area contributed by atoms with E-state index in [2.05, 4.69) is 53.5 Å². The van der Waals surface area contributed by atoms with E-state index in [9.17, 15) is 0 Å². The Morgan fingerprint density at radius 2 is 2.25 bits per heavy atom. The Bertz CT molecular complexity index is 583. The van der Waals surface area contributed by atoms with Gasteiger partial charge in [0.2, 0.25) is 0 Å². The molecular formula is C16H24N4. The predicted octanol–water partition coefficient (Wildman–Crippen LogP) is 2.72. The van der Waals surface area contributed by atoms with E-state index >= 15 is 0 Å². The molecule has 108 valence electrons. The predicted molar refractivity (Wildman–Crippen MR) is 86.1 cm³/mol. The summed E-state index contributed by atoms with van der Waals surface area (Å²) in [6.45, 7) is 5.89. The third-order valence-corrected chi connectivity index (χ3v) is 3.50. The van der Waals surface area contributed by atoms with E-state index in [1.807, 2.05) is 0 Å². The number of nitrogens with two attached hydrogens (primary N) is 1.